The van der Waals surface area contributed by atoms with Gasteiger partial charge >= 0.3 is 12.3 Å². The number of nitrogens with zero attached hydrogens (tertiary/aromatic N) is 1. The number of hydrogen-bond donors (Lipinski definition) is 0. The third-order valence-electron chi connectivity index (χ3n) is 2.96. The van der Waals surface area contributed by atoms with Crippen molar-refractivity contribution in [1.82, 2.24) is 4.90 Å². The standard InChI is InChI=1S/C14H17F4NO/c1-19(13(20)14(17,18)12(15)16)10-6-5-9-11-7-3-2-4-8-11/h2-4,7-8,12H,5-6,9-10H2,1H3. The molecule has 0 radical (unpaired) electrons. The Hall–Kier alpha value is -1.59. The molecule has 0 saturated heterocycles. The van der Waals surface area contributed by atoms with E-state index >= 15 is 0 Å². The lowest BCUT2D eigenvalue weighted by molar-refractivity contribution is -0.179. The highest BCUT2D eigenvalue weighted by atomic mass is 19.3. The summed E-state index contributed by atoms with van der Waals surface area (Å²) in [4.78, 5) is 11.8. The predicted molar refractivity (Wildman–Crippen MR) is 68.0 cm³/mol. The number of carbonyl (C=O) groups is 1. The van der Waals surface area contributed by atoms with Gasteiger partial charge < -0.3 is 4.90 Å². The average Bonchev–Trinajstić information content (AvgIpc) is 2.43. The van der Waals surface area contributed by atoms with Crippen LogP contribution in [-0.2, 0) is 11.2 Å². The molecule has 0 aromatic heterocycles. The van der Waals surface area contributed by atoms with Crippen LogP contribution in [0.2, 0.25) is 0 Å². The first-order valence-electron chi connectivity index (χ1n) is 6.31. The molecule has 1 aromatic rings. The third kappa shape index (κ3) is 4.51. The quantitative estimate of drug-likeness (QED) is 0.557. The minimum atomic E-state index is -4.60. The summed E-state index contributed by atoms with van der Waals surface area (Å²) in [5, 5.41) is 0. The van der Waals surface area contributed by atoms with Gasteiger partial charge in [0.15, 0.2) is 0 Å². The molecule has 0 unspecified atom stereocenters. The molecule has 2 nitrogen and oxygen atoms in total. The summed E-state index contributed by atoms with van der Waals surface area (Å²) >= 11 is 0. The number of benzene rings is 1. The van der Waals surface area contributed by atoms with Crippen molar-refractivity contribution in [2.45, 2.75) is 31.6 Å². The molecule has 0 spiro atoms. The second kappa shape index (κ2) is 7.26. The lowest BCUT2D eigenvalue weighted by atomic mass is 10.1. The van der Waals surface area contributed by atoms with Gasteiger partial charge in [-0.05, 0) is 24.8 Å². The lowest BCUT2D eigenvalue weighted by Crippen LogP contribution is -2.46. The normalized spacial score (nSPS) is 11.7. The maximum atomic E-state index is 12.8. The Balaban J connectivity index is 2.33. The van der Waals surface area contributed by atoms with Crippen LogP contribution in [-0.4, -0.2) is 36.7 Å². The minimum Gasteiger partial charge on any atom is -0.340 e. The van der Waals surface area contributed by atoms with Crippen molar-refractivity contribution in [3.63, 3.8) is 0 Å². The number of carbonyl (C=O) groups excluding carboxylic acids is 1. The molecule has 0 atom stereocenters. The van der Waals surface area contributed by atoms with Crippen molar-refractivity contribution in [1.29, 1.82) is 0 Å². The number of amides is 1. The molecule has 0 aliphatic heterocycles. The molecule has 20 heavy (non-hydrogen) atoms. The Labute approximate surface area is 115 Å². The van der Waals surface area contributed by atoms with E-state index < -0.39 is 18.3 Å². The first-order valence-corrected chi connectivity index (χ1v) is 6.31. The van der Waals surface area contributed by atoms with Crippen LogP contribution in [0.4, 0.5) is 17.6 Å². The van der Waals surface area contributed by atoms with Gasteiger partial charge in [0.25, 0.3) is 5.91 Å². The summed E-state index contributed by atoms with van der Waals surface area (Å²) in [5.41, 5.74) is 1.11. The van der Waals surface area contributed by atoms with E-state index in [2.05, 4.69) is 0 Å². The van der Waals surface area contributed by atoms with E-state index in [1.54, 1.807) is 0 Å². The van der Waals surface area contributed by atoms with Crippen LogP contribution in [0.25, 0.3) is 0 Å². The molecule has 6 heteroatoms. The first kappa shape index (κ1) is 16.5. The summed E-state index contributed by atoms with van der Waals surface area (Å²) in [6.45, 7) is 0.0357. The molecule has 0 N–H and O–H groups in total. The average molecular weight is 291 g/mol. The van der Waals surface area contributed by atoms with Gasteiger partial charge in [-0.2, -0.15) is 8.78 Å². The number of rotatable bonds is 7. The molecule has 1 aromatic carbocycles. The van der Waals surface area contributed by atoms with Crippen molar-refractivity contribution in [2.75, 3.05) is 13.6 Å². The van der Waals surface area contributed by atoms with E-state index in [0.717, 1.165) is 19.0 Å². The fraction of sp³-hybridized carbons (Fsp3) is 0.500. The van der Waals surface area contributed by atoms with Crippen LogP contribution in [0.15, 0.2) is 30.3 Å². The Morgan fingerprint density at radius 1 is 1.20 bits per heavy atom. The highest BCUT2D eigenvalue weighted by molar-refractivity contribution is 5.83. The van der Waals surface area contributed by atoms with Gasteiger partial charge in [0.2, 0.25) is 0 Å². The molecule has 0 heterocycles. The Morgan fingerprint density at radius 3 is 2.35 bits per heavy atom. The number of aryl methyl sites for hydroxylation is 1. The summed E-state index contributed by atoms with van der Waals surface area (Å²) in [6, 6.07) is 9.57. The maximum absolute atomic E-state index is 12.8. The first-order chi connectivity index (χ1) is 9.35. The molecule has 0 fully saturated rings. The van der Waals surface area contributed by atoms with E-state index in [1.807, 2.05) is 30.3 Å². The van der Waals surface area contributed by atoms with Gasteiger partial charge in [0.1, 0.15) is 0 Å². The zero-order valence-electron chi connectivity index (χ0n) is 11.2. The number of unbranched alkanes of at least 4 members (excludes halogenated alkanes) is 1. The van der Waals surface area contributed by atoms with E-state index in [0.29, 0.717) is 17.7 Å². The smallest absolute Gasteiger partial charge is 0.340 e. The molecule has 0 saturated carbocycles. The van der Waals surface area contributed by atoms with E-state index in [-0.39, 0.29) is 6.54 Å². The fourth-order valence-corrected chi connectivity index (χ4v) is 1.77. The monoisotopic (exact) mass is 291 g/mol. The van der Waals surface area contributed by atoms with Crippen molar-refractivity contribution >= 4 is 5.91 Å². The SMILES string of the molecule is CN(CCCCc1ccccc1)C(=O)C(F)(F)C(F)F. The Morgan fingerprint density at radius 2 is 1.80 bits per heavy atom. The zero-order chi connectivity index (χ0) is 15.2. The van der Waals surface area contributed by atoms with Crippen LogP contribution in [0.5, 0.6) is 0 Å². The second-order valence-corrected chi connectivity index (χ2v) is 4.59. The molecule has 112 valence electrons. The molecule has 0 bridgehead atoms. The predicted octanol–water partition coefficient (Wildman–Crippen LogP) is 3.37. The molecule has 0 aliphatic rings. The summed E-state index contributed by atoms with van der Waals surface area (Å²) in [6.07, 6.45) is -2.03. The number of hydrogen-bond acceptors (Lipinski definition) is 1. The van der Waals surface area contributed by atoms with Crippen molar-refractivity contribution in [2.24, 2.45) is 0 Å². The van der Waals surface area contributed by atoms with Gasteiger partial charge in [0, 0.05) is 13.6 Å². The van der Waals surface area contributed by atoms with Gasteiger partial charge in [0.05, 0.1) is 0 Å². The van der Waals surface area contributed by atoms with Gasteiger partial charge in [-0.1, -0.05) is 30.3 Å². The third-order valence-corrected chi connectivity index (χ3v) is 2.96. The largest absolute Gasteiger partial charge is 0.383 e. The topological polar surface area (TPSA) is 20.3 Å². The van der Waals surface area contributed by atoms with Crippen molar-refractivity contribution in [3.05, 3.63) is 35.9 Å². The number of alkyl halides is 4. The second-order valence-electron chi connectivity index (χ2n) is 4.59. The molecular weight excluding hydrogens is 274 g/mol. The highest BCUT2D eigenvalue weighted by Crippen LogP contribution is 2.25. The van der Waals surface area contributed by atoms with Crippen LogP contribution in [0, 0.1) is 0 Å². The van der Waals surface area contributed by atoms with Crippen LogP contribution in [0.1, 0.15) is 18.4 Å². The maximum Gasteiger partial charge on any atom is 0.383 e. The van der Waals surface area contributed by atoms with Gasteiger partial charge in [-0.25, -0.2) is 8.78 Å². The van der Waals surface area contributed by atoms with E-state index in [1.165, 1.54) is 0 Å². The molecule has 1 rings (SSSR count). The van der Waals surface area contributed by atoms with Crippen LogP contribution < -0.4 is 0 Å². The van der Waals surface area contributed by atoms with E-state index in [9.17, 15) is 22.4 Å². The Kier molecular flexibility index (Phi) is 5.98. The van der Waals surface area contributed by atoms with E-state index in [4.69, 9.17) is 0 Å². The number of halogens is 4. The summed E-state index contributed by atoms with van der Waals surface area (Å²) in [7, 11) is 1.11. The fourth-order valence-electron chi connectivity index (χ4n) is 1.77. The zero-order valence-corrected chi connectivity index (χ0v) is 11.2. The van der Waals surface area contributed by atoms with Crippen molar-refractivity contribution < 1.29 is 22.4 Å². The van der Waals surface area contributed by atoms with Crippen LogP contribution >= 0.6 is 0 Å². The molecule has 1 amide bonds. The summed E-state index contributed by atoms with van der Waals surface area (Å²) < 4.78 is 49.7. The molecular formula is C14H17F4NO. The van der Waals surface area contributed by atoms with Crippen molar-refractivity contribution in [3.8, 4) is 0 Å². The Bertz CT molecular complexity index is 422. The van der Waals surface area contributed by atoms with Gasteiger partial charge in [-0.3, -0.25) is 4.79 Å². The summed E-state index contributed by atoms with van der Waals surface area (Å²) in [5.74, 6) is -6.43. The lowest BCUT2D eigenvalue weighted by Gasteiger charge is -2.22. The van der Waals surface area contributed by atoms with Crippen LogP contribution in [0.3, 0.4) is 0 Å². The van der Waals surface area contributed by atoms with Gasteiger partial charge in [-0.15, -0.1) is 0 Å². The highest BCUT2D eigenvalue weighted by Gasteiger charge is 2.50. The molecule has 0 aliphatic carbocycles. The minimum absolute atomic E-state index is 0.0357.